The molecule has 0 bridgehead atoms. The van der Waals surface area contributed by atoms with Crippen molar-refractivity contribution < 1.29 is 4.39 Å². The summed E-state index contributed by atoms with van der Waals surface area (Å²) in [6, 6.07) is 6.65. The minimum absolute atomic E-state index is 0.0473. The zero-order chi connectivity index (χ0) is 13.7. The van der Waals surface area contributed by atoms with Crippen molar-refractivity contribution in [3.05, 3.63) is 58.3 Å². The number of hydrogen-bond acceptors (Lipinski definition) is 3. The first-order valence-corrected chi connectivity index (χ1v) is 6.93. The SMILES string of the molecule is CCNC(Cc1cc(F)ccc1Br)c1ccncn1. The highest BCUT2D eigenvalue weighted by atomic mass is 79.9. The fraction of sp³-hybridized carbons (Fsp3) is 0.286. The van der Waals surface area contributed by atoms with Gasteiger partial charge >= 0.3 is 0 Å². The second-order valence-corrected chi connectivity index (χ2v) is 5.04. The summed E-state index contributed by atoms with van der Waals surface area (Å²) in [5, 5.41) is 3.36. The number of benzene rings is 1. The highest BCUT2D eigenvalue weighted by Crippen LogP contribution is 2.23. The average Bonchev–Trinajstić information content (AvgIpc) is 2.43. The van der Waals surface area contributed by atoms with Crippen LogP contribution >= 0.6 is 15.9 Å². The Morgan fingerprint density at radius 3 is 2.89 bits per heavy atom. The molecule has 1 aromatic carbocycles. The smallest absolute Gasteiger partial charge is 0.123 e. The number of rotatable bonds is 5. The molecular weight excluding hydrogens is 309 g/mol. The summed E-state index contributed by atoms with van der Waals surface area (Å²) in [5.74, 6) is -0.226. The molecule has 0 amide bonds. The Bertz CT molecular complexity index is 533. The lowest BCUT2D eigenvalue weighted by molar-refractivity contribution is 0.532. The Morgan fingerprint density at radius 2 is 2.21 bits per heavy atom. The molecule has 0 saturated heterocycles. The molecule has 1 atom stereocenters. The zero-order valence-corrected chi connectivity index (χ0v) is 12.2. The third-order valence-corrected chi connectivity index (χ3v) is 3.62. The summed E-state index contributed by atoms with van der Waals surface area (Å²) < 4.78 is 14.2. The molecule has 100 valence electrons. The van der Waals surface area contributed by atoms with Crippen LogP contribution in [0.25, 0.3) is 0 Å². The number of aromatic nitrogens is 2. The normalized spacial score (nSPS) is 12.4. The topological polar surface area (TPSA) is 37.8 Å². The number of hydrogen-bond donors (Lipinski definition) is 1. The van der Waals surface area contributed by atoms with E-state index in [0.29, 0.717) is 6.42 Å². The van der Waals surface area contributed by atoms with Gasteiger partial charge in [0.05, 0.1) is 11.7 Å². The minimum Gasteiger partial charge on any atom is -0.309 e. The van der Waals surface area contributed by atoms with Crippen LogP contribution in [0.5, 0.6) is 0 Å². The van der Waals surface area contributed by atoms with Crippen LogP contribution in [0.15, 0.2) is 41.3 Å². The Hall–Kier alpha value is -1.33. The van der Waals surface area contributed by atoms with Crippen molar-refractivity contribution in [1.29, 1.82) is 0 Å². The predicted octanol–water partition coefficient (Wildman–Crippen LogP) is 3.27. The lowest BCUT2D eigenvalue weighted by Gasteiger charge is -2.18. The molecule has 0 aliphatic rings. The first-order chi connectivity index (χ1) is 9.20. The van der Waals surface area contributed by atoms with Crippen LogP contribution in [0.3, 0.4) is 0 Å². The van der Waals surface area contributed by atoms with Crippen LogP contribution in [0.2, 0.25) is 0 Å². The van der Waals surface area contributed by atoms with E-state index < -0.39 is 0 Å². The first kappa shape index (κ1) is 14.1. The number of likely N-dealkylation sites (N-methyl/N-ethyl adjacent to an activating group) is 1. The number of nitrogens with one attached hydrogen (secondary N) is 1. The second kappa shape index (κ2) is 6.73. The minimum atomic E-state index is -0.226. The highest BCUT2D eigenvalue weighted by molar-refractivity contribution is 9.10. The maximum Gasteiger partial charge on any atom is 0.123 e. The van der Waals surface area contributed by atoms with E-state index >= 15 is 0 Å². The molecule has 19 heavy (non-hydrogen) atoms. The summed E-state index contributed by atoms with van der Waals surface area (Å²) in [6.45, 7) is 2.86. The Balaban J connectivity index is 2.24. The Labute approximate surface area is 120 Å². The van der Waals surface area contributed by atoms with E-state index in [0.717, 1.165) is 22.3 Å². The molecule has 1 heterocycles. The highest BCUT2D eigenvalue weighted by Gasteiger charge is 2.14. The van der Waals surface area contributed by atoms with Gasteiger partial charge in [-0.05, 0) is 42.8 Å². The molecule has 0 aliphatic heterocycles. The van der Waals surface area contributed by atoms with Gasteiger partial charge in [-0.2, -0.15) is 0 Å². The van der Waals surface area contributed by atoms with E-state index in [1.165, 1.54) is 12.4 Å². The van der Waals surface area contributed by atoms with Crippen molar-refractivity contribution >= 4 is 15.9 Å². The molecule has 1 N–H and O–H groups in total. The number of nitrogens with zero attached hydrogens (tertiary/aromatic N) is 2. The maximum absolute atomic E-state index is 13.3. The lowest BCUT2D eigenvalue weighted by atomic mass is 10.0. The van der Waals surface area contributed by atoms with Crippen LogP contribution < -0.4 is 5.32 Å². The molecule has 0 saturated carbocycles. The van der Waals surface area contributed by atoms with Crippen molar-refractivity contribution in [2.45, 2.75) is 19.4 Å². The third kappa shape index (κ3) is 3.81. The van der Waals surface area contributed by atoms with Gasteiger partial charge in [-0.25, -0.2) is 14.4 Å². The van der Waals surface area contributed by atoms with Crippen molar-refractivity contribution in [2.75, 3.05) is 6.54 Å². The van der Waals surface area contributed by atoms with Crippen molar-refractivity contribution in [3.8, 4) is 0 Å². The molecule has 0 spiro atoms. The standard InChI is InChI=1S/C14H15BrFN3/c1-2-18-14(13-5-6-17-9-19-13)8-10-7-11(16)3-4-12(10)15/h3-7,9,14,18H,2,8H2,1H3. The molecule has 0 aliphatic carbocycles. The van der Waals surface area contributed by atoms with E-state index in [2.05, 4.69) is 31.2 Å². The van der Waals surface area contributed by atoms with Gasteiger partial charge < -0.3 is 5.32 Å². The molecule has 1 unspecified atom stereocenters. The molecule has 2 rings (SSSR count). The summed E-state index contributed by atoms with van der Waals surface area (Å²) in [7, 11) is 0. The van der Waals surface area contributed by atoms with Gasteiger partial charge in [0.25, 0.3) is 0 Å². The summed E-state index contributed by atoms with van der Waals surface area (Å²) in [5.41, 5.74) is 1.83. The average molecular weight is 324 g/mol. The molecule has 5 heteroatoms. The molecule has 0 fully saturated rings. The van der Waals surface area contributed by atoms with Gasteiger partial charge in [-0.1, -0.05) is 22.9 Å². The van der Waals surface area contributed by atoms with Gasteiger partial charge in [0.15, 0.2) is 0 Å². The maximum atomic E-state index is 13.3. The van der Waals surface area contributed by atoms with Crippen molar-refractivity contribution in [2.24, 2.45) is 0 Å². The van der Waals surface area contributed by atoms with E-state index in [-0.39, 0.29) is 11.9 Å². The largest absolute Gasteiger partial charge is 0.309 e. The summed E-state index contributed by atoms with van der Waals surface area (Å²) in [4.78, 5) is 8.18. The molecule has 3 nitrogen and oxygen atoms in total. The van der Waals surface area contributed by atoms with Gasteiger partial charge in [-0.15, -0.1) is 0 Å². The van der Waals surface area contributed by atoms with Crippen LogP contribution in [-0.2, 0) is 6.42 Å². The van der Waals surface area contributed by atoms with Gasteiger partial charge in [0.1, 0.15) is 12.1 Å². The zero-order valence-electron chi connectivity index (χ0n) is 10.6. The van der Waals surface area contributed by atoms with E-state index in [9.17, 15) is 4.39 Å². The van der Waals surface area contributed by atoms with Crippen LogP contribution in [0.1, 0.15) is 24.2 Å². The third-order valence-electron chi connectivity index (χ3n) is 2.84. The van der Waals surface area contributed by atoms with E-state index in [1.54, 1.807) is 18.3 Å². The molecule has 2 aromatic rings. The van der Waals surface area contributed by atoms with Gasteiger partial charge in [0.2, 0.25) is 0 Å². The van der Waals surface area contributed by atoms with Gasteiger partial charge in [-0.3, -0.25) is 0 Å². The van der Waals surface area contributed by atoms with E-state index in [4.69, 9.17) is 0 Å². The Kier molecular flexibility index (Phi) is 4.99. The Morgan fingerprint density at radius 1 is 1.37 bits per heavy atom. The van der Waals surface area contributed by atoms with Crippen molar-refractivity contribution in [3.63, 3.8) is 0 Å². The quantitative estimate of drug-likeness (QED) is 0.917. The number of halogens is 2. The van der Waals surface area contributed by atoms with Crippen LogP contribution in [-0.4, -0.2) is 16.5 Å². The summed E-state index contributed by atoms with van der Waals surface area (Å²) in [6.07, 6.45) is 3.91. The fourth-order valence-electron chi connectivity index (χ4n) is 1.95. The molecular formula is C14H15BrFN3. The second-order valence-electron chi connectivity index (χ2n) is 4.18. The van der Waals surface area contributed by atoms with Crippen LogP contribution in [0, 0.1) is 5.82 Å². The predicted molar refractivity (Wildman–Crippen MR) is 76.3 cm³/mol. The van der Waals surface area contributed by atoms with Crippen molar-refractivity contribution in [1.82, 2.24) is 15.3 Å². The molecule has 0 radical (unpaired) electrons. The summed E-state index contributed by atoms with van der Waals surface area (Å²) >= 11 is 3.46. The lowest BCUT2D eigenvalue weighted by Crippen LogP contribution is -2.24. The fourth-order valence-corrected chi connectivity index (χ4v) is 2.36. The van der Waals surface area contributed by atoms with Gasteiger partial charge in [0, 0.05) is 10.7 Å². The first-order valence-electron chi connectivity index (χ1n) is 6.14. The van der Waals surface area contributed by atoms with E-state index in [1.807, 2.05) is 13.0 Å². The monoisotopic (exact) mass is 323 g/mol. The van der Waals surface area contributed by atoms with Crippen LogP contribution in [0.4, 0.5) is 4.39 Å². The molecule has 1 aromatic heterocycles.